The molecule has 6 nitrogen and oxygen atoms in total. The van der Waals surface area contributed by atoms with E-state index in [-0.39, 0.29) is 17.6 Å². The molecule has 2 amide bonds. The lowest BCUT2D eigenvalue weighted by molar-refractivity contribution is 0.0265. The molecule has 0 spiro atoms. The van der Waals surface area contributed by atoms with E-state index in [0.29, 0.717) is 0 Å². The summed E-state index contributed by atoms with van der Waals surface area (Å²) in [6, 6.07) is 8.13. The second kappa shape index (κ2) is 7.62. The van der Waals surface area contributed by atoms with Gasteiger partial charge in [-0.05, 0) is 38.0 Å². The number of carbonyl (C=O) groups excluding carboxylic acids is 1. The van der Waals surface area contributed by atoms with Crippen LogP contribution in [0, 0.1) is 0 Å². The van der Waals surface area contributed by atoms with Crippen molar-refractivity contribution in [3.05, 3.63) is 29.8 Å². The molecule has 2 saturated heterocycles. The Hall–Kier alpha value is -1.79. The molecule has 1 atom stereocenters. The molecule has 3 rings (SSSR count). The second-order valence-electron chi connectivity index (χ2n) is 7.48. The molecule has 6 heteroatoms. The predicted octanol–water partition coefficient (Wildman–Crippen LogP) is 2.26. The number of methoxy groups -OCH3 is 1. The summed E-state index contributed by atoms with van der Waals surface area (Å²) in [6.45, 7) is 9.19. The van der Waals surface area contributed by atoms with E-state index in [9.17, 15) is 4.79 Å². The molecule has 2 heterocycles. The molecule has 0 aliphatic carbocycles. The SMILES string of the molecule is COc1cccc([C@@H]2CCN2C(=O)NC(C)(C)CN2CCOCC2)c1. The van der Waals surface area contributed by atoms with E-state index in [1.54, 1.807) is 7.11 Å². The molecule has 2 aliphatic heterocycles. The van der Waals surface area contributed by atoms with Gasteiger partial charge in [0.1, 0.15) is 5.75 Å². The van der Waals surface area contributed by atoms with E-state index in [2.05, 4.69) is 30.1 Å². The zero-order chi connectivity index (χ0) is 17.9. The van der Waals surface area contributed by atoms with Crippen molar-refractivity contribution in [2.45, 2.75) is 31.8 Å². The van der Waals surface area contributed by atoms with Crippen molar-refractivity contribution in [2.24, 2.45) is 0 Å². The predicted molar refractivity (Wildman–Crippen MR) is 96.9 cm³/mol. The van der Waals surface area contributed by atoms with Crippen molar-refractivity contribution in [3.63, 3.8) is 0 Å². The Bertz CT molecular complexity index is 599. The number of hydrogen-bond acceptors (Lipinski definition) is 4. The average Bonchev–Trinajstić information content (AvgIpc) is 2.53. The maximum Gasteiger partial charge on any atom is 0.318 e. The van der Waals surface area contributed by atoms with Gasteiger partial charge in [-0.1, -0.05) is 12.1 Å². The first-order chi connectivity index (χ1) is 12.0. The highest BCUT2D eigenvalue weighted by Crippen LogP contribution is 2.34. The molecule has 2 aliphatic rings. The molecule has 1 aromatic carbocycles. The first-order valence-electron chi connectivity index (χ1n) is 9.01. The van der Waals surface area contributed by atoms with Crippen LogP contribution >= 0.6 is 0 Å². The van der Waals surface area contributed by atoms with E-state index < -0.39 is 0 Å². The highest BCUT2D eigenvalue weighted by molar-refractivity contribution is 5.76. The first kappa shape index (κ1) is 18.0. The minimum absolute atomic E-state index is 0.0114. The van der Waals surface area contributed by atoms with Crippen LogP contribution in [0.5, 0.6) is 5.75 Å². The Kier molecular flexibility index (Phi) is 5.49. The Labute approximate surface area is 150 Å². The summed E-state index contributed by atoms with van der Waals surface area (Å²) in [7, 11) is 1.67. The second-order valence-corrected chi connectivity index (χ2v) is 7.48. The number of likely N-dealkylation sites (tertiary alicyclic amines) is 1. The Morgan fingerprint density at radius 2 is 2.08 bits per heavy atom. The Morgan fingerprint density at radius 3 is 2.72 bits per heavy atom. The van der Waals surface area contributed by atoms with Crippen molar-refractivity contribution in [3.8, 4) is 5.75 Å². The van der Waals surface area contributed by atoms with Gasteiger partial charge in [-0.15, -0.1) is 0 Å². The molecular formula is C19H29N3O3. The van der Waals surface area contributed by atoms with Crippen molar-refractivity contribution in [1.29, 1.82) is 0 Å². The molecular weight excluding hydrogens is 318 g/mol. The fourth-order valence-corrected chi connectivity index (χ4v) is 3.54. The molecule has 0 unspecified atom stereocenters. The quantitative estimate of drug-likeness (QED) is 0.888. The molecule has 0 saturated carbocycles. The van der Waals surface area contributed by atoms with Gasteiger partial charge in [-0.2, -0.15) is 0 Å². The molecule has 0 aromatic heterocycles. The van der Waals surface area contributed by atoms with Crippen molar-refractivity contribution in [2.75, 3.05) is 46.5 Å². The number of morpholine rings is 1. The van der Waals surface area contributed by atoms with Crippen molar-refractivity contribution in [1.82, 2.24) is 15.1 Å². The minimum atomic E-state index is -0.275. The summed E-state index contributed by atoms with van der Waals surface area (Å²) in [5.74, 6) is 0.831. The van der Waals surface area contributed by atoms with E-state index in [1.165, 1.54) is 0 Å². The normalized spacial score (nSPS) is 21.6. The van der Waals surface area contributed by atoms with Gasteiger partial charge in [0.2, 0.25) is 0 Å². The van der Waals surface area contributed by atoms with Crippen LogP contribution in [0.4, 0.5) is 4.79 Å². The van der Waals surface area contributed by atoms with Gasteiger partial charge in [0, 0.05) is 31.7 Å². The number of ether oxygens (including phenoxy) is 2. The molecule has 0 radical (unpaired) electrons. The van der Waals surface area contributed by atoms with Crippen molar-refractivity contribution >= 4 is 6.03 Å². The summed E-state index contributed by atoms with van der Waals surface area (Å²) in [5, 5.41) is 3.21. The van der Waals surface area contributed by atoms with Crippen LogP contribution < -0.4 is 10.1 Å². The number of urea groups is 1. The van der Waals surface area contributed by atoms with Gasteiger partial charge in [0.05, 0.1) is 26.4 Å². The van der Waals surface area contributed by atoms with Crippen LogP contribution in [-0.4, -0.2) is 67.9 Å². The first-order valence-corrected chi connectivity index (χ1v) is 9.01. The number of carbonyl (C=O) groups is 1. The standard InChI is InChI=1S/C19H29N3O3/c1-19(2,14-21-9-11-25-12-10-21)20-18(23)22-8-7-17(22)15-5-4-6-16(13-15)24-3/h4-6,13,17H,7-12,14H2,1-3H3,(H,20,23)/t17-/m0/s1. The lowest BCUT2D eigenvalue weighted by Gasteiger charge is -2.44. The van der Waals surface area contributed by atoms with Gasteiger partial charge >= 0.3 is 6.03 Å². The largest absolute Gasteiger partial charge is 0.497 e. The number of nitrogens with zero attached hydrogens (tertiary/aromatic N) is 2. The third kappa shape index (κ3) is 4.44. The summed E-state index contributed by atoms with van der Waals surface area (Å²) in [6.07, 6.45) is 0.991. The lowest BCUT2D eigenvalue weighted by atomic mass is 9.94. The molecule has 138 valence electrons. The molecule has 2 fully saturated rings. The average molecular weight is 347 g/mol. The maximum absolute atomic E-state index is 12.8. The number of nitrogens with one attached hydrogen (secondary N) is 1. The number of hydrogen-bond donors (Lipinski definition) is 1. The number of amides is 2. The van der Waals surface area contributed by atoms with Crippen LogP contribution in [-0.2, 0) is 4.74 Å². The molecule has 25 heavy (non-hydrogen) atoms. The third-order valence-corrected chi connectivity index (χ3v) is 4.93. The molecule has 1 N–H and O–H groups in total. The number of rotatable bonds is 5. The monoisotopic (exact) mass is 347 g/mol. The third-order valence-electron chi connectivity index (χ3n) is 4.93. The van der Waals surface area contributed by atoms with E-state index in [0.717, 1.165) is 57.1 Å². The smallest absolute Gasteiger partial charge is 0.318 e. The topological polar surface area (TPSA) is 54.0 Å². The van der Waals surface area contributed by atoms with Gasteiger partial charge in [-0.25, -0.2) is 4.79 Å². The van der Waals surface area contributed by atoms with Gasteiger partial charge < -0.3 is 19.7 Å². The molecule has 0 bridgehead atoms. The highest BCUT2D eigenvalue weighted by atomic mass is 16.5. The van der Waals surface area contributed by atoms with Gasteiger partial charge in [-0.3, -0.25) is 4.90 Å². The van der Waals surface area contributed by atoms with Gasteiger partial charge in [0.15, 0.2) is 0 Å². The fourth-order valence-electron chi connectivity index (χ4n) is 3.54. The van der Waals surface area contributed by atoms with Crippen LogP contribution in [0.2, 0.25) is 0 Å². The van der Waals surface area contributed by atoms with Crippen LogP contribution in [0.1, 0.15) is 31.9 Å². The summed E-state index contributed by atoms with van der Waals surface area (Å²) in [4.78, 5) is 17.0. The van der Waals surface area contributed by atoms with Crippen molar-refractivity contribution < 1.29 is 14.3 Å². The Morgan fingerprint density at radius 1 is 1.32 bits per heavy atom. The number of benzene rings is 1. The van der Waals surface area contributed by atoms with E-state index in [1.807, 2.05) is 23.1 Å². The summed E-state index contributed by atoms with van der Waals surface area (Å²) < 4.78 is 10.7. The maximum atomic E-state index is 12.8. The van der Waals surface area contributed by atoms with Crippen LogP contribution in [0.15, 0.2) is 24.3 Å². The summed E-state index contributed by atoms with van der Waals surface area (Å²) >= 11 is 0. The Balaban J connectivity index is 1.58. The molecule has 1 aromatic rings. The van der Waals surface area contributed by atoms with E-state index in [4.69, 9.17) is 9.47 Å². The zero-order valence-electron chi connectivity index (χ0n) is 15.5. The lowest BCUT2D eigenvalue weighted by Crippen LogP contribution is -2.59. The highest BCUT2D eigenvalue weighted by Gasteiger charge is 2.36. The van der Waals surface area contributed by atoms with Gasteiger partial charge in [0.25, 0.3) is 0 Å². The van der Waals surface area contributed by atoms with Crippen LogP contribution in [0.3, 0.4) is 0 Å². The fraction of sp³-hybridized carbons (Fsp3) is 0.632. The van der Waals surface area contributed by atoms with Crippen LogP contribution in [0.25, 0.3) is 0 Å². The zero-order valence-corrected chi connectivity index (χ0v) is 15.5. The summed E-state index contributed by atoms with van der Waals surface area (Å²) in [5.41, 5.74) is 0.856. The minimum Gasteiger partial charge on any atom is -0.497 e. The van der Waals surface area contributed by atoms with E-state index >= 15 is 0 Å².